The van der Waals surface area contributed by atoms with Gasteiger partial charge in [0, 0.05) is 5.41 Å². The lowest BCUT2D eigenvalue weighted by molar-refractivity contribution is -0.241. The molecule has 5 rings (SSSR count). The van der Waals surface area contributed by atoms with Gasteiger partial charge in [0.2, 0.25) is 0 Å². The topological polar surface area (TPSA) is 136 Å². The van der Waals surface area contributed by atoms with Gasteiger partial charge in [-0.25, -0.2) is 0 Å². The van der Waals surface area contributed by atoms with Crippen LogP contribution in [0.3, 0.4) is 0 Å². The number of carbonyl (C=O) groups excluding carboxylic acids is 2. The summed E-state index contributed by atoms with van der Waals surface area (Å²) in [4.78, 5) is 27.2. The van der Waals surface area contributed by atoms with E-state index in [1.807, 2.05) is 6.92 Å². The van der Waals surface area contributed by atoms with Crippen molar-refractivity contribution in [1.82, 2.24) is 0 Å². The van der Waals surface area contributed by atoms with E-state index < -0.39 is 82.0 Å². The molecule has 5 aliphatic carbocycles. The highest BCUT2D eigenvalue weighted by molar-refractivity contribution is 7.87. The smallest absolute Gasteiger partial charge is 0.431 e. The van der Waals surface area contributed by atoms with Crippen LogP contribution < -0.4 is 0 Å². The van der Waals surface area contributed by atoms with Gasteiger partial charge in [0.05, 0.1) is 25.0 Å². The fourth-order valence-electron chi connectivity index (χ4n) is 9.29. The van der Waals surface area contributed by atoms with Crippen molar-refractivity contribution in [3.8, 4) is 0 Å². The Labute approximate surface area is 275 Å². The minimum atomic E-state index is -6.45. The fraction of sp³-hybridized carbons (Fsp3) is 0.939. The molecule has 5 fully saturated rings. The number of alkyl halides is 4. The van der Waals surface area contributed by atoms with Crippen molar-refractivity contribution in [2.24, 2.45) is 45.8 Å². The standard InChI is InChI=1S/C33H52F4O9S/c1-5-21-10-22(6-2)15-30(7-3,14-21)27(39)45-19-29(4,26(38)44-9-8-32(34,35)33(36,37)47(41,42)43)20-46-28(40)31-16-23-11-24(17-31)13-25(12-23)18-31/h21-25,28,40H,5-20H2,1-4H3,(H,41,42,43). The molecule has 2 N–H and O–H groups in total. The highest BCUT2D eigenvalue weighted by Gasteiger charge is 2.65. The van der Waals surface area contributed by atoms with E-state index in [1.54, 1.807) is 0 Å². The van der Waals surface area contributed by atoms with Crippen LogP contribution in [0.4, 0.5) is 17.6 Å². The molecule has 0 aromatic carbocycles. The first kappa shape index (κ1) is 38.3. The van der Waals surface area contributed by atoms with Gasteiger partial charge < -0.3 is 19.3 Å². The molecule has 47 heavy (non-hydrogen) atoms. The second kappa shape index (κ2) is 14.0. The molecule has 9 nitrogen and oxygen atoms in total. The van der Waals surface area contributed by atoms with Gasteiger partial charge in [-0.3, -0.25) is 14.1 Å². The van der Waals surface area contributed by atoms with E-state index >= 15 is 0 Å². The van der Waals surface area contributed by atoms with Crippen LogP contribution in [0, 0.1) is 45.8 Å². The molecular weight excluding hydrogens is 648 g/mol. The number of aliphatic hydroxyl groups excluding tert-OH is 1. The second-order valence-corrected chi connectivity index (χ2v) is 17.0. The molecular formula is C33H52F4O9S. The van der Waals surface area contributed by atoms with Crippen molar-refractivity contribution in [2.75, 3.05) is 19.8 Å². The van der Waals surface area contributed by atoms with E-state index in [0.717, 1.165) is 57.8 Å². The molecule has 0 aromatic heterocycles. The highest BCUT2D eigenvalue weighted by atomic mass is 32.2. The van der Waals surface area contributed by atoms with Gasteiger partial charge >= 0.3 is 33.2 Å². The summed E-state index contributed by atoms with van der Waals surface area (Å²) in [6, 6.07) is 0. The molecule has 0 aromatic rings. The van der Waals surface area contributed by atoms with E-state index in [4.69, 9.17) is 18.8 Å². The molecule has 5 aliphatic rings. The Kier molecular flexibility index (Phi) is 11.4. The Bertz CT molecular complexity index is 1200. The average Bonchev–Trinajstić information content (AvgIpc) is 3.00. The minimum absolute atomic E-state index is 0.318. The van der Waals surface area contributed by atoms with Crippen LogP contribution in [0.1, 0.15) is 111 Å². The van der Waals surface area contributed by atoms with Crippen LogP contribution in [-0.2, 0) is 33.9 Å². The third-order valence-corrected chi connectivity index (χ3v) is 12.8. The Morgan fingerprint density at radius 2 is 1.36 bits per heavy atom. The first-order chi connectivity index (χ1) is 21.7. The number of carbonyl (C=O) groups is 2. The lowest BCUT2D eigenvalue weighted by Gasteiger charge is -2.58. The molecule has 5 saturated carbocycles. The normalized spacial score (nSPS) is 34.5. The Morgan fingerprint density at radius 1 is 0.851 bits per heavy atom. The summed E-state index contributed by atoms with van der Waals surface area (Å²) < 4.78 is 103. The molecule has 4 atom stereocenters. The molecule has 0 amide bonds. The summed E-state index contributed by atoms with van der Waals surface area (Å²) >= 11 is 0. The quantitative estimate of drug-likeness (QED) is 0.0774. The third-order valence-electron chi connectivity index (χ3n) is 11.9. The first-order valence-electron chi connectivity index (χ1n) is 17.1. The average molecular weight is 701 g/mol. The summed E-state index contributed by atoms with van der Waals surface area (Å²) in [5.41, 5.74) is -3.09. The molecule has 0 radical (unpaired) electrons. The van der Waals surface area contributed by atoms with Crippen LogP contribution in [0.5, 0.6) is 0 Å². The van der Waals surface area contributed by atoms with E-state index in [9.17, 15) is 40.7 Å². The Hall–Kier alpha value is -1.51. The largest absolute Gasteiger partial charge is 0.465 e. The van der Waals surface area contributed by atoms with Gasteiger partial charge in [-0.2, -0.15) is 26.0 Å². The van der Waals surface area contributed by atoms with Crippen LogP contribution in [0.25, 0.3) is 0 Å². The summed E-state index contributed by atoms with van der Waals surface area (Å²) in [7, 11) is -6.45. The molecule has 0 spiro atoms. The van der Waals surface area contributed by atoms with E-state index in [-0.39, 0.29) is 0 Å². The number of aliphatic hydroxyl groups is 1. The number of esters is 2. The van der Waals surface area contributed by atoms with Gasteiger partial charge in [-0.05, 0) is 101 Å². The summed E-state index contributed by atoms with van der Waals surface area (Å²) in [6.07, 6.45) is 7.08. The number of hydrogen-bond donors (Lipinski definition) is 2. The SMILES string of the molecule is CCC1CC(CC)CC(CC)(C(=O)OCC(C)(COC(O)C23CC4CC(CC(C4)C2)C3)C(=O)OCCC(F)(F)C(F)(F)S(=O)(=O)O)C1. The minimum Gasteiger partial charge on any atom is -0.465 e. The second-order valence-electron chi connectivity index (χ2n) is 15.5. The highest BCUT2D eigenvalue weighted by Crippen LogP contribution is 2.61. The molecule has 4 unspecified atom stereocenters. The van der Waals surface area contributed by atoms with Crippen LogP contribution in [0.2, 0.25) is 0 Å². The molecule has 4 bridgehead atoms. The fourth-order valence-corrected chi connectivity index (χ4v) is 9.77. The maximum atomic E-state index is 14.1. The van der Waals surface area contributed by atoms with Crippen LogP contribution >= 0.6 is 0 Å². The van der Waals surface area contributed by atoms with Gasteiger partial charge in [0.25, 0.3) is 0 Å². The molecule has 14 heteroatoms. The number of ether oxygens (including phenoxy) is 3. The zero-order chi connectivity index (χ0) is 35.1. The molecule has 0 heterocycles. The summed E-state index contributed by atoms with van der Waals surface area (Å²) in [5.74, 6) is -4.87. The van der Waals surface area contributed by atoms with Crippen LogP contribution in [0.15, 0.2) is 0 Å². The predicted octanol–water partition coefficient (Wildman–Crippen LogP) is 6.77. The first-order valence-corrected chi connectivity index (χ1v) is 18.6. The maximum Gasteiger partial charge on any atom is 0.431 e. The monoisotopic (exact) mass is 700 g/mol. The third kappa shape index (κ3) is 7.80. The molecule has 272 valence electrons. The number of rotatable bonds is 16. The van der Waals surface area contributed by atoms with E-state index in [2.05, 4.69) is 13.8 Å². The van der Waals surface area contributed by atoms with E-state index in [1.165, 1.54) is 6.92 Å². The van der Waals surface area contributed by atoms with E-state index in [0.29, 0.717) is 48.9 Å². The van der Waals surface area contributed by atoms with Gasteiger partial charge in [0.15, 0.2) is 6.29 Å². The maximum absolute atomic E-state index is 14.1. The van der Waals surface area contributed by atoms with Crippen LogP contribution in [-0.4, -0.2) is 67.3 Å². The number of hydrogen-bond acceptors (Lipinski definition) is 8. The molecule has 0 aliphatic heterocycles. The van der Waals surface area contributed by atoms with Crippen molar-refractivity contribution < 1.29 is 59.4 Å². The zero-order valence-electron chi connectivity index (χ0n) is 28.0. The van der Waals surface area contributed by atoms with Gasteiger partial charge in [-0.1, -0.05) is 33.6 Å². The number of halogens is 4. The van der Waals surface area contributed by atoms with Crippen molar-refractivity contribution in [1.29, 1.82) is 0 Å². The van der Waals surface area contributed by atoms with Gasteiger partial charge in [0.1, 0.15) is 12.0 Å². The summed E-state index contributed by atoms with van der Waals surface area (Å²) in [5, 5.41) is 5.53. The predicted molar refractivity (Wildman–Crippen MR) is 163 cm³/mol. The Morgan fingerprint density at radius 3 is 1.81 bits per heavy atom. The Balaban J connectivity index is 1.49. The van der Waals surface area contributed by atoms with Crippen molar-refractivity contribution in [3.05, 3.63) is 0 Å². The van der Waals surface area contributed by atoms with Gasteiger partial charge in [-0.15, -0.1) is 0 Å². The zero-order valence-corrected chi connectivity index (χ0v) is 28.8. The summed E-state index contributed by atoms with van der Waals surface area (Å²) in [6.45, 7) is 4.97. The van der Waals surface area contributed by atoms with Crippen molar-refractivity contribution in [2.45, 2.75) is 129 Å². The van der Waals surface area contributed by atoms with Crippen molar-refractivity contribution in [3.63, 3.8) is 0 Å². The van der Waals surface area contributed by atoms with Crippen molar-refractivity contribution >= 4 is 22.1 Å². The molecule has 0 saturated heterocycles. The lowest BCUT2D eigenvalue weighted by atomic mass is 9.49. The lowest BCUT2D eigenvalue weighted by Crippen LogP contribution is -2.53.